The molecular formula is C20H23NO7. The van der Waals surface area contributed by atoms with Gasteiger partial charge in [-0.3, -0.25) is 4.79 Å². The highest BCUT2D eigenvalue weighted by atomic mass is 16.6. The van der Waals surface area contributed by atoms with E-state index in [2.05, 4.69) is 4.98 Å². The predicted molar refractivity (Wildman–Crippen MR) is 99.7 cm³/mol. The van der Waals surface area contributed by atoms with Crippen LogP contribution in [0.1, 0.15) is 35.9 Å². The third kappa shape index (κ3) is 3.36. The zero-order valence-corrected chi connectivity index (χ0v) is 16.1. The van der Waals surface area contributed by atoms with Crippen LogP contribution in [-0.4, -0.2) is 48.1 Å². The van der Waals surface area contributed by atoms with Crippen molar-refractivity contribution >= 4 is 5.97 Å². The summed E-state index contributed by atoms with van der Waals surface area (Å²) in [5.74, 6) is 0.182. The summed E-state index contributed by atoms with van der Waals surface area (Å²) < 4.78 is 22.1. The van der Waals surface area contributed by atoms with Crippen molar-refractivity contribution in [2.75, 3.05) is 20.8 Å². The lowest BCUT2D eigenvalue weighted by Gasteiger charge is -2.50. The van der Waals surface area contributed by atoms with Gasteiger partial charge in [-0.05, 0) is 38.1 Å². The monoisotopic (exact) mass is 389 g/mol. The molecule has 2 heterocycles. The molecule has 0 amide bonds. The SMILES string of the molecule is COCC1(C)Oc2ccc(C(=O)OC)cc2C(Oc2cc[nH]c(=O)c2)C1(C)O. The van der Waals surface area contributed by atoms with Crippen LogP contribution in [0.3, 0.4) is 0 Å². The van der Waals surface area contributed by atoms with E-state index in [0.29, 0.717) is 11.3 Å². The summed E-state index contributed by atoms with van der Waals surface area (Å²) in [5.41, 5.74) is -2.30. The molecule has 0 spiro atoms. The number of carbonyl (C=O) groups is 1. The van der Waals surface area contributed by atoms with Gasteiger partial charge in [-0.25, -0.2) is 4.79 Å². The van der Waals surface area contributed by atoms with Crippen molar-refractivity contribution in [1.29, 1.82) is 0 Å². The van der Waals surface area contributed by atoms with Crippen molar-refractivity contribution in [3.05, 3.63) is 58.0 Å². The van der Waals surface area contributed by atoms with Gasteiger partial charge in [0.25, 0.3) is 5.56 Å². The highest BCUT2D eigenvalue weighted by Gasteiger charge is 2.57. The van der Waals surface area contributed by atoms with E-state index in [1.807, 2.05) is 0 Å². The topological polar surface area (TPSA) is 107 Å². The van der Waals surface area contributed by atoms with Crippen molar-refractivity contribution in [2.45, 2.75) is 31.2 Å². The zero-order chi connectivity index (χ0) is 20.5. The number of pyridine rings is 1. The Morgan fingerprint density at radius 2 is 2.00 bits per heavy atom. The number of aromatic nitrogens is 1. The number of carbonyl (C=O) groups excluding carboxylic acids is 1. The second-order valence-corrected chi connectivity index (χ2v) is 7.04. The van der Waals surface area contributed by atoms with Crippen molar-refractivity contribution in [3.63, 3.8) is 0 Å². The summed E-state index contributed by atoms with van der Waals surface area (Å²) in [6.45, 7) is 3.37. The molecule has 0 saturated heterocycles. The van der Waals surface area contributed by atoms with Crippen LogP contribution < -0.4 is 15.0 Å². The number of fused-ring (bicyclic) bond motifs is 1. The molecule has 0 bridgehead atoms. The maximum atomic E-state index is 12.0. The molecule has 2 N–H and O–H groups in total. The van der Waals surface area contributed by atoms with Crippen LogP contribution in [0, 0.1) is 0 Å². The van der Waals surface area contributed by atoms with Gasteiger partial charge in [-0.15, -0.1) is 0 Å². The molecule has 8 heteroatoms. The largest absolute Gasteiger partial charge is 0.482 e. The third-order valence-corrected chi connectivity index (χ3v) is 5.05. The lowest BCUT2D eigenvalue weighted by molar-refractivity contribution is -0.199. The fraction of sp³-hybridized carbons (Fsp3) is 0.400. The standard InChI is InChI=1S/C20H23NO7/c1-19(11-25-3)20(2,24)17(27-13-7-8-21-16(22)10-13)14-9-12(18(23)26-4)5-6-15(14)28-19/h5-10,17,24H,11H2,1-4H3,(H,21,22). The van der Waals surface area contributed by atoms with Crippen LogP contribution >= 0.6 is 0 Å². The summed E-state index contributed by atoms with van der Waals surface area (Å²) in [5, 5.41) is 11.4. The molecule has 1 aromatic carbocycles. The maximum absolute atomic E-state index is 12.0. The molecule has 150 valence electrons. The normalized spacial score (nSPS) is 26.1. The number of ether oxygens (including phenoxy) is 4. The summed E-state index contributed by atoms with van der Waals surface area (Å²) in [7, 11) is 2.79. The van der Waals surface area contributed by atoms with E-state index >= 15 is 0 Å². The van der Waals surface area contributed by atoms with E-state index in [1.54, 1.807) is 38.1 Å². The molecule has 1 aromatic heterocycles. The van der Waals surface area contributed by atoms with E-state index < -0.39 is 23.3 Å². The Balaban J connectivity index is 2.14. The molecule has 3 atom stereocenters. The Labute approximate surface area is 162 Å². The molecule has 8 nitrogen and oxygen atoms in total. The number of hydrogen-bond donors (Lipinski definition) is 2. The van der Waals surface area contributed by atoms with Crippen molar-refractivity contribution < 1.29 is 28.8 Å². The van der Waals surface area contributed by atoms with E-state index in [0.717, 1.165) is 0 Å². The van der Waals surface area contributed by atoms with Crippen LogP contribution in [0.5, 0.6) is 11.5 Å². The average molecular weight is 389 g/mol. The lowest BCUT2D eigenvalue weighted by atomic mass is 9.76. The number of aromatic amines is 1. The predicted octanol–water partition coefficient (Wildman–Crippen LogP) is 1.83. The average Bonchev–Trinajstić information content (AvgIpc) is 2.65. The first kappa shape index (κ1) is 19.9. The number of esters is 1. The van der Waals surface area contributed by atoms with Gasteiger partial charge in [-0.2, -0.15) is 0 Å². The van der Waals surface area contributed by atoms with Gasteiger partial charge in [0.2, 0.25) is 0 Å². The number of hydrogen-bond acceptors (Lipinski definition) is 7. The first-order chi connectivity index (χ1) is 13.2. The molecule has 1 aliphatic rings. The first-order valence-electron chi connectivity index (χ1n) is 8.70. The van der Waals surface area contributed by atoms with Gasteiger partial charge >= 0.3 is 5.97 Å². The van der Waals surface area contributed by atoms with Gasteiger partial charge in [0.05, 0.1) is 19.3 Å². The van der Waals surface area contributed by atoms with E-state index in [1.165, 1.54) is 26.5 Å². The molecule has 0 radical (unpaired) electrons. The fourth-order valence-electron chi connectivity index (χ4n) is 3.28. The minimum atomic E-state index is -1.56. The molecule has 1 aliphatic heterocycles. The summed E-state index contributed by atoms with van der Waals surface area (Å²) in [4.78, 5) is 26.1. The van der Waals surface area contributed by atoms with Crippen LogP contribution in [0.2, 0.25) is 0 Å². The molecule has 0 aliphatic carbocycles. The highest BCUT2D eigenvalue weighted by Crippen LogP contribution is 2.48. The lowest BCUT2D eigenvalue weighted by Crippen LogP contribution is -2.63. The van der Waals surface area contributed by atoms with Crippen LogP contribution in [0.4, 0.5) is 0 Å². The van der Waals surface area contributed by atoms with Crippen LogP contribution in [0.15, 0.2) is 41.3 Å². The number of rotatable bonds is 5. The number of methoxy groups -OCH3 is 2. The summed E-state index contributed by atoms with van der Waals surface area (Å²) in [6.07, 6.45) is 0.508. The third-order valence-electron chi connectivity index (χ3n) is 5.05. The Hall–Kier alpha value is -2.84. The Morgan fingerprint density at radius 3 is 2.64 bits per heavy atom. The summed E-state index contributed by atoms with van der Waals surface area (Å²) >= 11 is 0. The number of nitrogens with one attached hydrogen (secondary N) is 1. The highest BCUT2D eigenvalue weighted by molar-refractivity contribution is 5.89. The minimum Gasteiger partial charge on any atom is -0.482 e. The van der Waals surface area contributed by atoms with Crippen molar-refractivity contribution in [1.82, 2.24) is 4.98 Å². The molecule has 28 heavy (non-hydrogen) atoms. The summed E-state index contributed by atoms with van der Waals surface area (Å²) in [6, 6.07) is 7.61. The molecular weight excluding hydrogens is 366 g/mol. The van der Waals surface area contributed by atoms with Gasteiger partial charge in [0.1, 0.15) is 17.1 Å². The van der Waals surface area contributed by atoms with E-state index in [-0.39, 0.29) is 23.5 Å². The quantitative estimate of drug-likeness (QED) is 0.751. The number of H-pyrrole nitrogens is 1. The van der Waals surface area contributed by atoms with E-state index in [4.69, 9.17) is 18.9 Å². The first-order valence-corrected chi connectivity index (χ1v) is 8.70. The molecule has 3 unspecified atom stereocenters. The Morgan fingerprint density at radius 1 is 1.25 bits per heavy atom. The van der Waals surface area contributed by atoms with Gasteiger partial charge < -0.3 is 29.0 Å². The molecule has 0 saturated carbocycles. The van der Waals surface area contributed by atoms with Crippen LogP contribution in [-0.2, 0) is 9.47 Å². The second-order valence-electron chi connectivity index (χ2n) is 7.04. The second kappa shape index (κ2) is 7.29. The van der Waals surface area contributed by atoms with Crippen molar-refractivity contribution in [3.8, 4) is 11.5 Å². The number of benzene rings is 1. The maximum Gasteiger partial charge on any atom is 0.337 e. The number of aliphatic hydroxyl groups is 1. The van der Waals surface area contributed by atoms with E-state index in [9.17, 15) is 14.7 Å². The fourth-order valence-corrected chi connectivity index (χ4v) is 3.28. The Bertz CT molecular complexity index is 936. The van der Waals surface area contributed by atoms with Crippen molar-refractivity contribution in [2.24, 2.45) is 0 Å². The zero-order valence-electron chi connectivity index (χ0n) is 16.1. The Kier molecular flexibility index (Phi) is 5.18. The minimum absolute atomic E-state index is 0.0907. The molecule has 2 aromatic rings. The van der Waals surface area contributed by atoms with Gasteiger partial charge in [-0.1, -0.05) is 0 Å². The van der Waals surface area contributed by atoms with Crippen LogP contribution in [0.25, 0.3) is 0 Å². The van der Waals surface area contributed by atoms with Gasteiger partial charge in [0.15, 0.2) is 11.7 Å². The smallest absolute Gasteiger partial charge is 0.337 e. The molecule has 0 fully saturated rings. The molecule has 3 rings (SSSR count). The van der Waals surface area contributed by atoms with Gasteiger partial charge in [0, 0.05) is 24.9 Å².